The standard InChI is InChI=1S/C27H31NO6S2/c1-3-5-6-7-8-9-14-34-22-13-10-18(15-23(22)33-4-2)16-24-25(30)28(27(35)36-24)19-11-12-20(26(31)32)21(29)17-19/h10-13,15-17,29H,3-9,14H2,1-2H3,(H,31,32). The number of nitrogens with zero attached hydrogens (tertiary/aromatic N) is 1. The Balaban J connectivity index is 1.71. The number of amides is 1. The molecule has 192 valence electrons. The fraction of sp³-hybridized carbons (Fsp3) is 0.370. The van der Waals surface area contributed by atoms with Crippen molar-refractivity contribution in [2.24, 2.45) is 0 Å². The first kappa shape index (κ1) is 27.5. The third-order valence-corrected chi connectivity index (χ3v) is 6.89. The van der Waals surface area contributed by atoms with E-state index in [9.17, 15) is 14.7 Å². The maximum Gasteiger partial charge on any atom is 0.339 e. The fourth-order valence-electron chi connectivity index (χ4n) is 3.75. The third-order valence-electron chi connectivity index (χ3n) is 5.58. The van der Waals surface area contributed by atoms with E-state index in [1.807, 2.05) is 25.1 Å². The second-order valence-corrected chi connectivity index (χ2v) is 9.95. The molecule has 1 aliphatic heterocycles. The predicted octanol–water partition coefficient (Wildman–Crippen LogP) is 6.63. The molecule has 36 heavy (non-hydrogen) atoms. The highest BCUT2D eigenvalue weighted by atomic mass is 32.2. The largest absolute Gasteiger partial charge is 0.507 e. The second kappa shape index (κ2) is 13.3. The van der Waals surface area contributed by atoms with Crippen LogP contribution in [0.4, 0.5) is 5.69 Å². The van der Waals surface area contributed by atoms with Crippen LogP contribution in [-0.4, -0.2) is 39.6 Å². The summed E-state index contributed by atoms with van der Waals surface area (Å²) in [7, 11) is 0. The highest BCUT2D eigenvalue weighted by Crippen LogP contribution is 2.38. The smallest absolute Gasteiger partial charge is 0.339 e. The van der Waals surface area contributed by atoms with Crippen LogP contribution in [0.2, 0.25) is 0 Å². The summed E-state index contributed by atoms with van der Waals surface area (Å²) in [6, 6.07) is 9.45. The van der Waals surface area contributed by atoms with Gasteiger partial charge in [-0.3, -0.25) is 9.69 Å². The van der Waals surface area contributed by atoms with Crippen LogP contribution in [0.3, 0.4) is 0 Å². The van der Waals surface area contributed by atoms with Gasteiger partial charge in [0.1, 0.15) is 11.3 Å². The van der Waals surface area contributed by atoms with E-state index < -0.39 is 11.7 Å². The summed E-state index contributed by atoms with van der Waals surface area (Å²) >= 11 is 6.52. The minimum atomic E-state index is -1.26. The van der Waals surface area contributed by atoms with Gasteiger partial charge >= 0.3 is 5.97 Å². The van der Waals surface area contributed by atoms with Crippen molar-refractivity contribution in [3.05, 3.63) is 52.4 Å². The Morgan fingerprint density at radius 2 is 1.78 bits per heavy atom. The molecule has 0 radical (unpaired) electrons. The molecule has 3 rings (SSSR count). The van der Waals surface area contributed by atoms with Crippen LogP contribution in [0.15, 0.2) is 41.3 Å². The van der Waals surface area contributed by atoms with Gasteiger partial charge in [0.15, 0.2) is 15.8 Å². The zero-order valence-electron chi connectivity index (χ0n) is 20.5. The van der Waals surface area contributed by atoms with Crippen LogP contribution in [0.1, 0.15) is 68.3 Å². The number of phenols is 1. The number of unbranched alkanes of at least 4 members (excludes halogenated alkanes) is 5. The average molecular weight is 530 g/mol. The lowest BCUT2D eigenvalue weighted by Crippen LogP contribution is -2.27. The van der Waals surface area contributed by atoms with Crippen LogP contribution >= 0.6 is 24.0 Å². The van der Waals surface area contributed by atoms with E-state index in [4.69, 9.17) is 26.8 Å². The molecule has 1 saturated heterocycles. The first-order chi connectivity index (χ1) is 17.3. The van der Waals surface area contributed by atoms with E-state index in [2.05, 4.69) is 6.92 Å². The summed E-state index contributed by atoms with van der Waals surface area (Å²) in [5, 5.41) is 19.1. The molecule has 1 aliphatic rings. The molecule has 1 amide bonds. The highest BCUT2D eigenvalue weighted by molar-refractivity contribution is 8.27. The number of aromatic carboxylic acids is 1. The lowest BCUT2D eigenvalue weighted by atomic mass is 10.1. The van der Waals surface area contributed by atoms with Crippen molar-refractivity contribution >= 4 is 51.9 Å². The van der Waals surface area contributed by atoms with Gasteiger partial charge in [-0.25, -0.2) is 4.79 Å². The number of ether oxygens (including phenoxy) is 2. The molecule has 1 fully saturated rings. The normalized spacial score (nSPS) is 14.5. The van der Waals surface area contributed by atoms with E-state index in [1.165, 1.54) is 48.8 Å². The summed E-state index contributed by atoms with van der Waals surface area (Å²) in [4.78, 5) is 25.9. The molecule has 1 heterocycles. The number of anilines is 1. The van der Waals surface area contributed by atoms with Crippen molar-refractivity contribution in [2.75, 3.05) is 18.1 Å². The number of carbonyl (C=O) groups is 2. The van der Waals surface area contributed by atoms with Gasteiger partial charge in [0.2, 0.25) is 0 Å². The Hall–Kier alpha value is -3.04. The summed E-state index contributed by atoms with van der Waals surface area (Å²) in [5.41, 5.74) is 0.814. The minimum Gasteiger partial charge on any atom is -0.507 e. The zero-order valence-corrected chi connectivity index (χ0v) is 22.1. The van der Waals surface area contributed by atoms with Gasteiger partial charge in [-0.1, -0.05) is 69.1 Å². The Morgan fingerprint density at radius 1 is 1.03 bits per heavy atom. The van der Waals surface area contributed by atoms with Crippen molar-refractivity contribution in [3.8, 4) is 17.2 Å². The zero-order chi connectivity index (χ0) is 26.1. The van der Waals surface area contributed by atoms with Gasteiger partial charge in [-0.05, 0) is 49.2 Å². The van der Waals surface area contributed by atoms with Crippen molar-refractivity contribution < 1.29 is 29.3 Å². The molecule has 9 heteroatoms. The number of carbonyl (C=O) groups excluding carboxylic acids is 1. The monoisotopic (exact) mass is 529 g/mol. The summed E-state index contributed by atoms with van der Waals surface area (Å²) in [6.07, 6.45) is 8.84. The molecular formula is C27H31NO6S2. The summed E-state index contributed by atoms with van der Waals surface area (Å²) < 4.78 is 12.0. The van der Waals surface area contributed by atoms with Gasteiger partial charge < -0.3 is 19.7 Å². The highest BCUT2D eigenvalue weighted by Gasteiger charge is 2.34. The lowest BCUT2D eigenvalue weighted by molar-refractivity contribution is -0.113. The number of carboxylic acids is 1. The number of thiocarbonyl (C=S) groups is 1. The minimum absolute atomic E-state index is 0.248. The molecule has 2 aromatic rings. The predicted molar refractivity (Wildman–Crippen MR) is 147 cm³/mol. The molecule has 7 nitrogen and oxygen atoms in total. The van der Waals surface area contributed by atoms with E-state index >= 15 is 0 Å². The van der Waals surface area contributed by atoms with Crippen LogP contribution in [0.5, 0.6) is 17.2 Å². The Kier molecular flexibility index (Phi) is 10.2. The van der Waals surface area contributed by atoms with Crippen molar-refractivity contribution in [1.29, 1.82) is 0 Å². The Labute approximate surface area is 221 Å². The van der Waals surface area contributed by atoms with Crippen molar-refractivity contribution in [3.63, 3.8) is 0 Å². The fourth-order valence-corrected chi connectivity index (χ4v) is 5.05. The first-order valence-electron chi connectivity index (χ1n) is 12.1. The molecule has 0 bridgehead atoms. The van der Waals surface area contributed by atoms with Gasteiger partial charge in [-0.15, -0.1) is 0 Å². The third kappa shape index (κ3) is 7.01. The van der Waals surface area contributed by atoms with Gasteiger partial charge in [0.25, 0.3) is 5.91 Å². The number of hydrogen-bond donors (Lipinski definition) is 2. The number of thioether (sulfide) groups is 1. The number of rotatable bonds is 13. The molecule has 0 aliphatic carbocycles. The van der Waals surface area contributed by atoms with Crippen LogP contribution in [-0.2, 0) is 4.79 Å². The maximum absolute atomic E-state index is 13.1. The van der Waals surface area contributed by atoms with Crippen LogP contribution < -0.4 is 14.4 Å². The van der Waals surface area contributed by atoms with Crippen molar-refractivity contribution in [1.82, 2.24) is 0 Å². The van der Waals surface area contributed by atoms with E-state index in [0.717, 1.165) is 30.2 Å². The molecular weight excluding hydrogens is 498 g/mol. The Morgan fingerprint density at radius 3 is 2.47 bits per heavy atom. The molecule has 0 aromatic heterocycles. The number of hydrogen-bond acceptors (Lipinski definition) is 7. The topological polar surface area (TPSA) is 96.3 Å². The lowest BCUT2D eigenvalue weighted by Gasteiger charge is -2.15. The first-order valence-corrected chi connectivity index (χ1v) is 13.3. The van der Waals surface area contributed by atoms with E-state index in [0.29, 0.717) is 35.3 Å². The number of aromatic hydroxyl groups is 1. The quantitative estimate of drug-likeness (QED) is 0.169. The molecule has 0 unspecified atom stereocenters. The summed E-state index contributed by atoms with van der Waals surface area (Å²) in [5.74, 6) is -0.760. The van der Waals surface area contributed by atoms with Gasteiger partial charge in [0, 0.05) is 6.07 Å². The second-order valence-electron chi connectivity index (χ2n) is 8.28. The van der Waals surface area contributed by atoms with E-state index in [1.54, 1.807) is 6.08 Å². The maximum atomic E-state index is 13.1. The van der Waals surface area contributed by atoms with Crippen LogP contribution in [0.25, 0.3) is 6.08 Å². The molecule has 0 saturated carbocycles. The van der Waals surface area contributed by atoms with Gasteiger partial charge in [0.05, 0.1) is 23.8 Å². The SMILES string of the molecule is CCCCCCCCOc1ccc(C=C2SC(=S)N(c3ccc(C(=O)O)c(O)c3)C2=O)cc1OCC. The molecule has 0 atom stereocenters. The molecule has 2 N–H and O–H groups in total. The Bertz CT molecular complexity index is 1150. The van der Waals surface area contributed by atoms with Crippen LogP contribution in [0, 0.1) is 0 Å². The molecule has 0 spiro atoms. The molecule has 2 aromatic carbocycles. The summed E-state index contributed by atoms with van der Waals surface area (Å²) in [6.45, 7) is 5.21. The van der Waals surface area contributed by atoms with E-state index in [-0.39, 0.29) is 15.8 Å². The number of carboxylic acid groups (broad SMARTS) is 1. The van der Waals surface area contributed by atoms with Crippen molar-refractivity contribution in [2.45, 2.75) is 52.4 Å². The number of benzene rings is 2. The average Bonchev–Trinajstić information content (AvgIpc) is 3.12. The van der Waals surface area contributed by atoms with Gasteiger partial charge in [-0.2, -0.15) is 0 Å².